The van der Waals surface area contributed by atoms with Gasteiger partial charge in [0.15, 0.2) is 0 Å². The quantitative estimate of drug-likeness (QED) is 0.840. The number of fused-ring (bicyclic) bond motifs is 1. The summed E-state index contributed by atoms with van der Waals surface area (Å²) in [6, 6.07) is 11.8. The zero-order valence-corrected chi connectivity index (χ0v) is 12.2. The summed E-state index contributed by atoms with van der Waals surface area (Å²) in [6.07, 6.45) is 3.62. The highest BCUT2D eigenvalue weighted by Crippen LogP contribution is 2.24. The summed E-state index contributed by atoms with van der Waals surface area (Å²) < 4.78 is 5.85. The van der Waals surface area contributed by atoms with Crippen LogP contribution in [0.3, 0.4) is 0 Å². The molecule has 2 N–H and O–H groups in total. The van der Waals surface area contributed by atoms with E-state index in [-0.39, 0.29) is 0 Å². The van der Waals surface area contributed by atoms with Crippen LogP contribution in [0.5, 0.6) is 5.75 Å². The van der Waals surface area contributed by atoms with E-state index in [4.69, 9.17) is 14.8 Å². The molecule has 108 valence electrons. The normalized spacial score (nSPS) is 13.1. The number of ether oxygens (including phenoxy) is 1. The molecule has 21 heavy (non-hydrogen) atoms. The Kier molecular flexibility index (Phi) is 4.00. The lowest BCUT2D eigenvalue weighted by Crippen LogP contribution is -2.29. The highest BCUT2D eigenvalue weighted by atomic mass is 16.5. The molecule has 0 spiro atoms. The second-order valence-electron chi connectivity index (χ2n) is 5.64. The highest BCUT2D eigenvalue weighted by Gasteiger charge is 2.13. The van der Waals surface area contributed by atoms with Gasteiger partial charge >= 0.3 is 7.12 Å². The Morgan fingerprint density at radius 3 is 2.62 bits per heavy atom. The molecule has 0 fully saturated rings. The third-order valence-electron chi connectivity index (χ3n) is 4.05. The highest BCUT2D eigenvalue weighted by molar-refractivity contribution is 6.58. The van der Waals surface area contributed by atoms with Crippen LogP contribution in [0.4, 0.5) is 0 Å². The standard InChI is InChI=1S/C17H19BO3/c1-12-9-16(18(19)20)7-8-17(12)21-11-13-5-6-14-3-2-4-15(14)10-13/h5-10,19-20H,2-4,11H2,1H3. The molecule has 3 rings (SSSR count). The monoisotopic (exact) mass is 282 g/mol. The molecule has 0 saturated carbocycles. The maximum absolute atomic E-state index is 9.15. The van der Waals surface area contributed by atoms with Crippen LogP contribution in [0.15, 0.2) is 36.4 Å². The molecule has 0 unspecified atom stereocenters. The van der Waals surface area contributed by atoms with Crippen molar-refractivity contribution in [2.24, 2.45) is 0 Å². The molecule has 0 atom stereocenters. The third kappa shape index (κ3) is 3.12. The molecule has 1 aliphatic carbocycles. The van der Waals surface area contributed by atoms with Crippen LogP contribution >= 0.6 is 0 Å². The minimum Gasteiger partial charge on any atom is -0.489 e. The Labute approximate surface area is 125 Å². The van der Waals surface area contributed by atoms with E-state index in [0.29, 0.717) is 12.1 Å². The van der Waals surface area contributed by atoms with E-state index in [1.807, 2.05) is 6.92 Å². The number of aryl methyl sites for hydroxylation is 3. The number of rotatable bonds is 4. The van der Waals surface area contributed by atoms with Crippen molar-refractivity contribution in [3.8, 4) is 5.75 Å². The molecular formula is C17H19BO3. The molecule has 0 radical (unpaired) electrons. The topological polar surface area (TPSA) is 49.7 Å². The predicted octanol–water partition coefficient (Wildman–Crippen LogP) is 1.74. The minimum absolute atomic E-state index is 0.484. The number of hydrogen-bond donors (Lipinski definition) is 2. The van der Waals surface area contributed by atoms with Gasteiger partial charge < -0.3 is 14.8 Å². The Balaban J connectivity index is 1.70. The van der Waals surface area contributed by atoms with Crippen molar-refractivity contribution >= 4 is 12.6 Å². The zero-order chi connectivity index (χ0) is 14.8. The fraction of sp³-hybridized carbons (Fsp3) is 0.294. The van der Waals surface area contributed by atoms with Crippen molar-refractivity contribution in [2.45, 2.75) is 32.8 Å². The molecule has 1 aliphatic rings. The van der Waals surface area contributed by atoms with Crippen molar-refractivity contribution in [1.29, 1.82) is 0 Å². The van der Waals surface area contributed by atoms with Gasteiger partial charge in [0, 0.05) is 0 Å². The average molecular weight is 282 g/mol. The van der Waals surface area contributed by atoms with Gasteiger partial charge in [-0.1, -0.05) is 30.3 Å². The van der Waals surface area contributed by atoms with Crippen molar-refractivity contribution < 1.29 is 14.8 Å². The van der Waals surface area contributed by atoms with Crippen LogP contribution in [0.2, 0.25) is 0 Å². The Bertz CT molecular complexity index is 652. The van der Waals surface area contributed by atoms with E-state index in [1.54, 1.807) is 18.2 Å². The number of hydrogen-bond acceptors (Lipinski definition) is 3. The summed E-state index contributed by atoms with van der Waals surface area (Å²) in [4.78, 5) is 0. The lowest BCUT2D eigenvalue weighted by atomic mass is 9.79. The SMILES string of the molecule is Cc1cc(B(O)O)ccc1OCc1ccc2c(c1)CCC2. The van der Waals surface area contributed by atoms with Gasteiger partial charge in [-0.05, 0) is 60.0 Å². The molecule has 0 amide bonds. The van der Waals surface area contributed by atoms with Gasteiger partial charge in [0.25, 0.3) is 0 Å². The second kappa shape index (κ2) is 5.92. The molecule has 0 heterocycles. The van der Waals surface area contributed by atoms with Gasteiger partial charge in [-0.2, -0.15) is 0 Å². The fourth-order valence-electron chi connectivity index (χ4n) is 2.87. The maximum atomic E-state index is 9.15. The summed E-state index contributed by atoms with van der Waals surface area (Å²) in [7, 11) is -1.44. The first kappa shape index (κ1) is 14.2. The van der Waals surface area contributed by atoms with Crippen LogP contribution in [-0.4, -0.2) is 17.2 Å². The maximum Gasteiger partial charge on any atom is 0.488 e. The van der Waals surface area contributed by atoms with Gasteiger partial charge in [-0.25, -0.2) is 0 Å². The van der Waals surface area contributed by atoms with Crippen LogP contribution in [-0.2, 0) is 19.4 Å². The summed E-state index contributed by atoms with van der Waals surface area (Å²) in [5, 5.41) is 18.3. The van der Waals surface area contributed by atoms with Crippen molar-refractivity contribution in [2.75, 3.05) is 0 Å². The average Bonchev–Trinajstić information content (AvgIpc) is 2.93. The zero-order valence-electron chi connectivity index (χ0n) is 12.2. The summed E-state index contributed by atoms with van der Waals surface area (Å²) in [5.41, 5.74) is 5.49. The minimum atomic E-state index is -1.44. The summed E-state index contributed by atoms with van der Waals surface area (Å²) in [6.45, 7) is 2.44. The van der Waals surface area contributed by atoms with E-state index >= 15 is 0 Å². The first-order valence-electron chi connectivity index (χ1n) is 7.33. The lowest BCUT2D eigenvalue weighted by molar-refractivity contribution is 0.304. The fourth-order valence-corrected chi connectivity index (χ4v) is 2.87. The molecule has 4 heteroatoms. The Morgan fingerprint density at radius 1 is 1.05 bits per heavy atom. The van der Waals surface area contributed by atoms with E-state index in [1.165, 1.54) is 36.0 Å². The molecule has 2 aromatic rings. The van der Waals surface area contributed by atoms with Gasteiger partial charge in [0.2, 0.25) is 0 Å². The second-order valence-corrected chi connectivity index (χ2v) is 5.64. The van der Waals surface area contributed by atoms with Gasteiger partial charge in [-0.15, -0.1) is 0 Å². The molecule has 0 bridgehead atoms. The Morgan fingerprint density at radius 2 is 1.86 bits per heavy atom. The Hall–Kier alpha value is -1.78. The van der Waals surface area contributed by atoms with Crippen LogP contribution in [0.25, 0.3) is 0 Å². The summed E-state index contributed by atoms with van der Waals surface area (Å²) >= 11 is 0. The first-order valence-corrected chi connectivity index (χ1v) is 7.33. The van der Waals surface area contributed by atoms with E-state index in [2.05, 4.69) is 18.2 Å². The van der Waals surface area contributed by atoms with E-state index in [9.17, 15) is 0 Å². The molecule has 3 nitrogen and oxygen atoms in total. The van der Waals surface area contributed by atoms with Gasteiger partial charge in [-0.3, -0.25) is 0 Å². The van der Waals surface area contributed by atoms with Crippen molar-refractivity contribution in [3.63, 3.8) is 0 Å². The molecule has 0 aliphatic heterocycles. The smallest absolute Gasteiger partial charge is 0.488 e. The van der Waals surface area contributed by atoms with Crippen LogP contribution in [0, 0.1) is 6.92 Å². The van der Waals surface area contributed by atoms with Crippen molar-refractivity contribution in [1.82, 2.24) is 0 Å². The summed E-state index contributed by atoms with van der Waals surface area (Å²) in [5.74, 6) is 0.778. The van der Waals surface area contributed by atoms with Crippen LogP contribution < -0.4 is 10.2 Å². The number of benzene rings is 2. The lowest BCUT2D eigenvalue weighted by Gasteiger charge is -2.11. The molecular weight excluding hydrogens is 263 g/mol. The van der Waals surface area contributed by atoms with E-state index < -0.39 is 7.12 Å². The van der Waals surface area contributed by atoms with Gasteiger partial charge in [0.1, 0.15) is 12.4 Å². The molecule has 0 aromatic heterocycles. The van der Waals surface area contributed by atoms with Gasteiger partial charge in [0.05, 0.1) is 0 Å². The van der Waals surface area contributed by atoms with Crippen LogP contribution in [0.1, 0.15) is 28.7 Å². The predicted molar refractivity (Wildman–Crippen MR) is 83.8 cm³/mol. The largest absolute Gasteiger partial charge is 0.489 e. The van der Waals surface area contributed by atoms with Crippen molar-refractivity contribution in [3.05, 3.63) is 58.7 Å². The first-order chi connectivity index (χ1) is 10.1. The molecule has 0 saturated heterocycles. The molecule has 2 aromatic carbocycles. The van der Waals surface area contributed by atoms with E-state index in [0.717, 1.165) is 11.3 Å². The third-order valence-corrected chi connectivity index (χ3v) is 4.05.